The predicted octanol–water partition coefficient (Wildman–Crippen LogP) is 41.6. The molecule has 0 heterocycles. The normalized spacial score (nSPS) is 14.0. The molecular formula is C136H179N. The van der Waals surface area contributed by atoms with Gasteiger partial charge in [-0.15, -0.1) is 0 Å². The van der Waals surface area contributed by atoms with E-state index >= 15 is 0 Å². The zero-order chi connectivity index (χ0) is 95.1. The first-order chi connectivity index (χ1) is 67.5. The van der Waals surface area contributed by atoms with Crippen molar-refractivity contribution in [2.75, 3.05) is 4.90 Å². The molecule has 1 heteroatoms. The van der Waals surface area contributed by atoms with Crippen LogP contribution in [0.4, 0.5) is 17.1 Å². The predicted molar refractivity (Wildman–Crippen MR) is 598 cm³/mol. The summed E-state index contributed by atoms with van der Waals surface area (Å²) in [5.74, 6) is 0. The van der Waals surface area contributed by atoms with Crippen LogP contribution in [-0.2, 0) is 47.3 Å². The van der Waals surface area contributed by atoms with Gasteiger partial charge >= 0.3 is 0 Å². The average Bonchev–Trinajstić information content (AvgIpc) is 1.49. The largest absolute Gasteiger partial charge is 0.310 e. The summed E-state index contributed by atoms with van der Waals surface area (Å²) in [6.07, 6.45) is 71.1. The summed E-state index contributed by atoms with van der Waals surface area (Å²) in [5.41, 5.74) is 39.8. The molecule has 15 rings (SSSR count). The molecule has 0 saturated carbocycles. The van der Waals surface area contributed by atoms with Crippen molar-refractivity contribution in [2.24, 2.45) is 0 Å². The maximum Gasteiger partial charge on any atom is 0.0714 e. The highest BCUT2D eigenvalue weighted by Gasteiger charge is 2.55. The van der Waals surface area contributed by atoms with Gasteiger partial charge in [0.05, 0.1) is 10.8 Å². The second-order valence-electron chi connectivity index (χ2n) is 43.7. The van der Waals surface area contributed by atoms with Crippen molar-refractivity contribution in [1.82, 2.24) is 0 Å². The summed E-state index contributed by atoms with van der Waals surface area (Å²) >= 11 is 0. The molecule has 0 spiro atoms. The number of benzene rings is 11. The highest BCUT2D eigenvalue weighted by atomic mass is 15.1. The lowest BCUT2D eigenvalue weighted by Gasteiger charge is -2.36. The van der Waals surface area contributed by atoms with Gasteiger partial charge in [-0.2, -0.15) is 0 Å². The third-order valence-corrected chi connectivity index (χ3v) is 33.7. The molecule has 0 unspecified atom stereocenters. The molecule has 11 aromatic rings. The summed E-state index contributed by atoms with van der Waals surface area (Å²) in [4.78, 5) is 2.59. The topological polar surface area (TPSA) is 3.24 Å². The molecule has 0 aromatic heterocycles. The van der Waals surface area contributed by atoms with Gasteiger partial charge in [-0.25, -0.2) is 0 Å². The molecule has 0 fully saturated rings. The minimum atomic E-state index is -0.711. The highest BCUT2D eigenvalue weighted by Crippen LogP contribution is 2.68. The number of unbranched alkanes of at least 4 members (excludes halogenated alkanes) is 40. The van der Waals surface area contributed by atoms with Crippen LogP contribution in [0, 0.1) is 13.8 Å². The van der Waals surface area contributed by atoms with Gasteiger partial charge in [-0.1, -0.05) is 501 Å². The standard InChI is InChI=1S/C136H179N/c1-11-19-27-35-43-51-61-106-71-79-110(80-72-106)135(111-81-73-107(74-82-111)62-52-44-36-28-20-12-2)129-100-119-117-65-55-56-66-125(117)133(93-57-47-39-31-23-15-5,94-58-48-40-32-24-16-6)127(119)98-121(129)123-102-132-124(103-131(123)135)122-99-128-120(101-130(122)136(132,112-83-75-108(76-84-112)63-53-45-37-29-21-13-3)113-85-77-109(78-86-113)64-54-46-38-30-22-14-4)118-92-91-116(137(114-87-67-104(9)68-88-114)115-89-69-105(10)70-90-115)97-126(118)134(128,95-59-49-41-33-25-17-7)96-60-50-42-34-26-18-8/h55-56,65-92,97-103H,11-54,57-64,93-96H2,1-10H3. The van der Waals surface area contributed by atoms with Crippen LogP contribution in [-0.4, -0.2) is 0 Å². The van der Waals surface area contributed by atoms with E-state index in [1.165, 1.54) is 460 Å². The van der Waals surface area contributed by atoms with Crippen molar-refractivity contribution in [3.05, 3.63) is 325 Å². The van der Waals surface area contributed by atoms with Crippen LogP contribution in [0.5, 0.6) is 0 Å². The Morgan fingerprint density at radius 2 is 0.394 bits per heavy atom. The number of anilines is 3. The molecule has 0 atom stereocenters. The van der Waals surface area contributed by atoms with Gasteiger partial charge in [0.15, 0.2) is 0 Å². The maximum atomic E-state index is 2.95. The first-order valence-corrected chi connectivity index (χ1v) is 57.6. The monoisotopic (exact) mass is 1830 g/mol. The average molecular weight is 1830 g/mol. The van der Waals surface area contributed by atoms with E-state index in [1.54, 1.807) is 22.3 Å². The highest BCUT2D eigenvalue weighted by molar-refractivity contribution is 5.99. The lowest BCUT2D eigenvalue weighted by molar-refractivity contribution is 0.398. The van der Waals surface area contributed by atoms with E-state index in [9.17, 15) is 0 Å². The number of hydrogen-bond acceptors (Lipinski definition) is 1. The molecule has 1 nitrogen and oxygen atoms in total. The van der Waals surface area contributed by atoms with Gasteiger partial charge in [-0.3, -0.25) is 0 Å². The fraction of sp³-hybridized carbons (Fsp3) is 0.515. The van der Waals surface area contributed by atoms with E-state index in [0.29, 0.717) is 0 Å². The molecule has 0 amide bonds. The summed E-state index contributed by atoms with van der Waals surface area (Å²) in [5, 5.41) is 0. The van der Waals surface area contributed by atoms with Gasteiger partial charge in [-0.05, 0) is 297 Å². The van der Waals surface area contributed by atoms with E-state index in [1.807, 2.05) is 0 Å². The smallest absolute Gasteiger partial charge is 0.0714 e. The fourth-order valence-corrected chi connectivity index (χ4v) is 25.9. The minimum absolute atomic E-state index is 0.113. The Labute approximate surface area is 835 Å². The molecule has 11 aromatic carbocycles. The summed E-state index contributed by atoms with van der Waals surface area (Å²) in [6, 6.07) is 96.4. The number of fused-ring (bicyclic) bond motifs is 12. The minimum Gasteiger partial charge on any atom is -0.310 e. The molecule has 0 radical (unpaired) electrons. The van der Waals surface area contributed by atoms with Gasteiger partial charge in [0.1, 0.15) is 0 Å². The van der Waals surface area contributed by atoms with Crippen LogP contribution in [0.3, 0.4) is 0 Å². The summed E-state index contributed by atoms with van der Waals surface area (Å²) < 4.78 is 0. The van der Waals surface area contributed by atoms with Crippen LogP contribution >= 0.6 is 0 Å². The van der Waals surface area contributed by atoms with Crippen molar-refractivity contribution >= 4 is 17.1 Å². The zero-order valence-corrected chi connectivity index (χ0v) is 87.9. The summed E-state index contributed by atoms with van der Waals surface area (Å²) in [6.45, 7) is 23.4. The lowest BCUT2D eigenvalue weighted by Crippen LogP contribution is -2.30. The Morgan fingerprint density at radius 3 is 0.679 bits per heavy atom. The third-order valence-electron chi connectivity index (χ3n) is 33.7. The number of nitrogens with zero attached hydrogens (tertiary/aromatic N) is 1. The molecule has 0 bridgehead atoms. The fourth-order valence-electron chi connectivity index (χ4n) is 25.9. The van der Waals surface area contributed by atoms with Crippen LogP contribution in [0.1, 0.15) is 489 Å². The van der Waals surface area contributed by atoms with Crippen molar-refractivity contribution in [3.63, 3.8) is 0 Å². The van der Waals surface area contributed by atoms with E-state index in [2.05, 4.69) is 299 Å². The molecular weight excluding hydrogens is 1650 g/mol. The van der Waals surface area contributed by atoms with Gasteiger partial charge in [0.2, 0.25) is 0 Å². The summed E-state index contributed by atoms with van der Waals surface area (Å²) in [7, 11) is 0. The van der Waals surface area contributed by atoms with E-state index in [4.69, 9.17) is 0 Å². The van der Waals surface area contributed by atoms with E-state index < -0.39 is 10.8 Å². The molecule has 0 aliphatic heterocycles. The molecule has 728 valence electrons. The number of aryl methyl sites for hydroxylation is 6. The second kappa shape index (κ2) is 51.6. The van der Waals surface area contributed by atoms with Crippen LogP contribution in [0.25, 0.3) is 44.5 Å². The van der Waals surface area contributed by atoms with Gasteiger partial charge in [0.25, 0.3) is 0 Å². The van der Waals surface area contributed by atoms with Crippen LogP contribution in [0.2, 0.25) is 0 Å². The zero-order valence-electron chi connectivity index (χ0n) is 87.9. The molecule has 137 heavy (non-hydrogen) atoms. The van der Waals surface area contributed by atoms with Crippen molar-refractivity contribution in [1.29, 1.82) is 0 Å². The Bertz CT molecular complexity index is 5290. The molecule has 4 aliphatic carbocycles. The number of rotatable bonds is 63. The van der Waals surface area contributed by atoms with E-state index in [-0.39, 0.29) is 10.8 Å². The Morgan fingerprint density at radius 1 is 0.175 bits per heavy atom. The second-order valence-corrected chi connectivity index (χ2v) is 43.7. The third kappa shape index (κ3) is 23.5. The van der Waals surface area contributed by atoms with E-state index in [0.717, 1.165) is 38.5 Å². The first kappa shape index (κ1) is 103. The Balaban J connectivity index is 1.05. The molecule has 0 saturated heterocycles. The van der Waals surface area contributed by atoms with Crippen molar-refractivity contribution < 1.29 is 0 Å². The molecule has 4 aliphatic rings. The SMILES string of the molecule is CCCCCCCCc1ccc(C2(c3ccc(CCCCCCCC)cc3)c3cc4c(cc3-c3cc5c(cc32)-c2cc3c(cc2C5(c2ccc(CCCCCCCC)cc2)c2ccc(CCCCCCCC)cc2)-c2ccc(N(c5ccc(C)cc5)c5ccc(C)cc5)cc2C3(CCCCCCCC)CCCCCCCC)C(CCCCCCCC)(CCCCCCCC)c2ccccc2-4)cc1. The van der Waals surface area contributed by atoms with Gasteiger partial charge < -0.3 is 4.90 Å². The Kier molecular flexibility index (Phi) is 38.6. The number of hydrogen-bond donors (Lipinski definition) is 0. The van der Waals surface area contributed by atoms with Crippen LogP contribution < -0.4 is 4.90 Å². The Hall–Kier alpha value is -8.78. The van der Waals surface area contributed by atoms with Gasteiger partial charge in [0, 0.05) is 27.9 Å². The quantitative estimate of drug-likeness (QED) is 0.0344. The van der Waals surface area contributed by atoms with Crippen LogP contribution in [0.15, 0.2) is 224 Å². The first-order valence-electron chi connectivity index (χ1n) is 57.6. The van der Waals surface area contributed by atoms with Crippen molar-refractivity contribution in [3.8, 4) is 44.5 Å². The molecule has 0 N–H and O–H groups in total. The maximum absolute atomic E-state index is 2.95. The van der Waals surface area contributed by atoms with Crippen molar-refractivity contribution in [2.45, 2.75) is 450 Å². The lowest BCUT2D eigenvalue weighted by atomic mass is 9.65.